The van der Waals surface area contributed by atoms with E-state index in [1.54, 1.807) is 33.5 Å². The molecule has 0 bridgehead atoms. The Balaban J connectivity index is 0.964. The molecule has 368 valence electrons. The van der Waals surface area contributed by atoms with Crippen LogP contribution in [0, 0.1) is 23.6 Å². The van der Waals surface area contributed by atoms with Crippen LogP contribution in [0.25, 0.3) is 44.7 Å². The Kier molecular flexibility index (Phi) is 12.9. The first kappa shape index (κ1) is 47.0. The Hall–Kier alpha value is -6.69. The molecule has 2 saturated heterocycles. The number of ether oxygens (including phenoxy) is 3. The van der Waals surface area contributed by atoms with Gasteiger partial charge in [-0.3, -0.25) is 14.2 Å². The van der Waals surface area contributed by atoms with Crippen molar-refractivity contribution in [3.05, 3.63) is 88.1 Å². The SMILES string of the molecule is COC(=O)NC(C(=O)N1CCCC1c1ncc(-c2cc(F)c3c(c2)OC(c2ccc(CCC4CC4)s2)n2c-3cc3cc(-c4cnc(C5CCCN5C(=O)C(NC(=O)OC)C(C)C)[nH]4)ccc32)[nH]1)C(C)C. The van der Waals surface area contributed by atoms with Gasteiger partial charge < -0.3 is 44.6 Å². The Morgan fingerprint density at radius 2 is 1.39 bits per heavy atom. The van der Waals surface area contributed by atoms with Gasteiger partial charge in [0.05, 0.1) is 71.7 Å². The zero-order chi connectivity index (χ0) is 49.0. The zero-order valence-electron chi connectivity index (χ0n) is 40.3. The van der Waals surface area contributed by atoms with Crippen molar-refractivity contribution in [1.82, 2.24) is 44.9 Å². The van der Waals surface area contributed by atoms with Gasteiger partial charge >= 0.3 is 12.2 Å². The van der Waals surface area contributed by atoms with E-state index in [2.05, 4.69) is 43.4 Å². The van der Waals surface area contributed by atoms with Crippen LogP contribution in [0.1, 0.15) is 112 Å². The van der Waals surface area contributed by atoms with Crippen molar-refractivity contribution in [2.45, 2.75) is 109 Å². The largest absolute Gasteiger partial charge is 0.464 e. The number of amides is 4. The van der Waals surface area contributed by atoms with E-state index in [0.29, 0.717) is 59.4 Å². The summed E-state index contributed by atoms with van der Waals surface area (Å²) in [6.07, 6.45) is 9.30. The minimum atomic E-state index is -0.769. The summed E-state index contributed by atoms with van der Waals surface area (Å²) in [7, 11) is 2.55. The number of aryl methyl sites for hydroxylation is 1. The molecule has 7 heterocycles. The number of rotatable bonds is 14. The molecule has 5 unspecified atom stereocenters. The third kappa shape index (κ3) is 9.01. The lowest BCUT2D eigenvalue weighted by molar-refractivity contribution is -0.136. The van der Waals surface area contributed by atoms with E-state index in [1.165, 1.54) is 44.4 Å². The number of nitrogens with zero attached hydrogens (tertiary/aromatic N) is 5. The molecule has 6 aromatic rings. The van der Waals surface area contributed by atoms with Crippen molar-refractivity contribution in [2.24, 2.45) is 17.8 Å². The van der Waals surface area contributed by atoms with Gasteiger partial charge in [-0.15, -0.1) is 11.3 Å². The van der Waals surface area contributed by atoms with Gasteiger partial charge in [0.2, 0.25) is 18.0 Å². The first-order valence-corrected chi connectivity index (χ1v) is 25.3. The van der Waals surface area contributed by atoms with Gasteiger partial charge in [0.1, 0.15) is 35.3 Å². The van der Waals surface area contributed by atoms with Crippen molar-refractivity contribution < 1.29 is 37.8 Å². The van der Waals surface area contributed by atoms with E-state index in [1.807, 2.05) is 52.0 Å². The third-order valence-corrected chi connectivity index (χ3v) is 15.5. The molecule has 4 N–H and O–H groups in total. The Bertz CT molecular complexity index is 2950. The minimum absolute atomic E-state index is 0.150. The van der Waals surface area contributed by atoms with E-state index in [0.717, 1.165) is 58.6 Å². The van der Waals surface area contributed by atoms with E-state index in [4.69, 9.17) is 24.2 Å². The van der Waals surface area contributed by atoms with Crippen LogP contribution in [0.15, 0.2) is 60.9 Å². The molecule has 4 aromatic heterocycles. The van der Waals surface area contributed by atoms with Crippen LogP contribution in [-0.4, -0.2) is 97.7 Å². The number of H-pyrrole nitrogens is 2. The number of fused-ring (bicyclic) bond motifs is 5. The molecular weight excluding hydrogens is 914 g/mol. The lowest BCUT2D eigenvalue weighted by atomic mass is 10.0. The third-order valence-electron chi connectivity index (χ3n) is 14.3. The van der Waals surface area contributed by atoms with Crippen LogP contribution >= 0.6 is 11.3 Å². The highest BCUT2D eigenvalue weighted by Crippen LogP contribution is 2.49. The number of aromatic nitrogens is 5. The first-order chi connectivity index (χ1) is 33.8. The number of aromatic amines is 2. The average Bonchev–Trinajstić information content (AvgIpc) is 4.08. The molecule has 18 heteroatoms. The molecule has 1 saturated carbocycles. The monoisotopic (exact) mass is 973 g/mol. The number of carbonyl (C=O) groups is 4. The summed E-state index contributed by atoms with van der Waals surface area (Å²) < 4.78 is 35.6. The van der Waals surface area contributed by atoms with Gasteiger partial charge in [-0.25, -0.2) is 23.9 Å². The van der Waals surface area contributed by atoms with Crippen LogP contribution in [-0.2, 0) is 25.5 Å². The summed E-state index contributed by atoms with van der Waals surface area (Å²) in [6.45, 7) is 8.59. The second-order valence-electron chi connectivity index (χ2n) is 19.7. The van der Waals surface area contributed by atoms with Crippen molar-refractivity contribution in [1.29, 1.82) is 0 Å². The fourth-order valence-corrected chi connectivity index (χ4v) is 11.4. The standard InChI is InChI=1S/C52H60FN9O7S/c1-27(2)44(58-51(65)67-5)48(63)60-19-7-9-38(60)46-54-25-35(56-46)30-14-17-37-32(21-30)23-40-43-34(53)22-31(24-41(43)69-50(62(37)40)42-18-16-33(70-42)15-13-29-11-12-29)36-26-55-47(57-36)39-10-8-20-61(39)49(64)45(28(3)4)59-52(66)68-6/h14,16-18,21-29,38-39,44-45,50H,7-13,15,19-20H2,1-6H3,(H,54,56)(H,55,57)(H,58,65)(H,59,66). The van der Waals surface area contributed by atoms with Crippen LogP contribution in [0.4, 0.5) is 14.0 Å². The number of hydrogen-bond acceptors (Lipinski definition) is 10. The van der Waals surface area contributed by atoms with E-state index in [-0.39, 0.29) is 35.7 Å². The summed E-state index contributed by atoms with van der Waals surface area (Å²) >= 11 is 1.73. The molecule has 10 rings (SSSR count). The Morgan fingerprint density at radius 3 is 1.96 bits per heavy atom. The highest BCUT2D eigenvalue weighted by Gasteiger charge is 2.40. The zero-order valence-corrected chi connectivity index (χ0v) is 41.2. The second kappa shape index (κ2) is 19.2. The predicted octanol–water partition coefficient (Wildman–Crippen LogP) is 9.66. The van der Waals surface area contributed by atoms with Gasteiger partial charge in [-0.2, -0.15) is 0 Å². The van der Waals surface area contributed by atoms with Crippen LogP contribution in [0.3, 0.4) is 0 Å². The van der Waals surface area contributed by atoms with Crippen molar-refractivity contribution in [3.8, 4) is 39.5 Å². The van der Waals surface area contributed by atoms with Gasteiger partial charge in [-0.1, -0.05) is 46.6 Å². The topological polar surface area (TPSA) is 189 Å². The molecule has 0 radical (unpaired) electrons. The molecule has 4 aliphatic rings. The summed E-state index contributed by atoms with van der Waals surface area (Å²) in [5.41, 5.74) is 4.71. The van der Waals surface area contributed by atoms with E-state index < -0.39 is 36.3 Å². The lowest BCUT2D eigenvalue weighted by Crippen LogP contribution is -2.51. The highest BCUT2D eigenvalue weighted by molar-refractivity contribution is 7.12. The number of methoxy groups -OCH3 is 2. The van der Waals surface area contributed by atoms with E-state index in [9.17, 15) is 19.2 Å². The maximum Gasteiger partial charge on any atom is 0.407 e. The number of likely N-dealkylation sites (tertiary alicyclic amines) is 2. The Labute approximate surface area is 409 Å². The van der Waals surface area contributed by atoms with Crippen molar-refractivity contribution in [2.75, 3.05) is 27.3 Å². The summed E-state index contributed by atoms with van der Waals surface area (Å²) in [5.74, 6) is 1.29. The predicted molar refractivity (Wildman–Crippen MR) is 262 cm³/mol. The molecule has 3 fully saturated rings. The Morgan fingerprint density at radius 1 is 0.786 bits per heavy atom. The molecular formula is C52H60FN9O7S. The number of halogens is 1. The number of carbonyl (C=O) groups excluding carboxylic acids is 4. The highest BCUT2D eigenvalue weighted by atomic mass is 32.1. The molecule has 3 aliphatic heterocycles. The fourth-order valence-electron chi connectivity index (χ4n) is 10.4. The van der Waals surface area contributed by atoms with Gasteiger partial charge in [0.25, 0.3) is 0 Å². The van der Waals surface area contributed by atoms with Crippen molar-refractivity contribution in [3.63, 3.8) is 0 Å². The molecule has 0 spiro atoms. The average molecular weight is 974 g/mol. The number of thiophene rings is 1. The number of nitrogens with one attached hydrogen (secondary N) is 4. The molecule has 1 aliphatic carbocycles. The lowest BCUT2D eigenvalue weighted by Gasteiger charge is -2.30. The fraction of sp³-hybridized carbons (Fsp3) is 0.462. The van der Waals surface area contributed by atoms with Crippen molar-refractivity contribution >= 4 is 46.2 Å². The molecule has 5 atom stereocenters. The van der Waals surface area contributed by atoms with Gasteiger partial charge in [-0.05, 0) is 98.7 Å². The maximum atomic E-state index is 17.0. The first-order valence-electron chi connectivity index (χ1n) is 24.4. The summed E-state index contributed by atoms with van der Waals surface area (Å²) in [4.78, 5) is 74.2. The quantitative estimate of drug-likeness (QED) is 0.0824. The number of benzene rings is 2. The molecule has 16 nitrogen and oxygen atoms in total. The molecule has 2 aromatic carbocycles. The molecule has 70 heavy (non-hydrogen) atoms. The summed E-state index contributed by atoms with van der Waals surface area (Å²) in [6, 6.07) is 13.7. The van der Waals surface area contributed by atoms with Crippen LogP contribution in [0.5, 0.6) is 5.75 Å². The van der Waals surface area contributed by atoms with E-state index >= 15 is 4.39 Å². The van der Waals surface area contributed by atoms with Crippen LogP contribution in [0.2, 0.25) is 0 Å². The second-order valence-corrected chi connectivity index (χ2v) is 20.9. The van der Waals surface area contributed by atoms with Gasteiger partial charge in [0.15, 0.2) is 0 Å². The maximum absolute atomic E-state index is 17.0. The normalized spacial score (nSPS) is 19.5. The number of imidazole rings is 2. The minimum Gasteiger partial charge on any atom is -0.464 e. The summed E-state index contributed by atoms with van der Waals surface area (Å²) in [5, 5.41) is 6.30. The molecule has 4 amide bonds. The number of hydrogen-bond donors (Lipinski definition) is 4. The number of alkyl carbamates (subject to hydrolysis) is 2. The van der Waals surface area contributed by atoms with Gasteiger partial charge in [0, 0.05) is 34.5 Å². The smallest absolute Gasteiger partial charge is 0.407 e. The van der Waals surface area contributed by atoms with Crippen LogP contribution < -0.4 is 15.4 Å².